The van der Waals surface area contributed by atoms with Gasteiger partial charge in [0.2, 0.25) is 0 Å². The van der Waals surface area contributed by atoms with Gasteiger partial charge in [0.1, 0.15) is 0 Å². The van der Waals surface area contributed by atoms with Crippen LogP contribution in [0.5, 0.6) is 0 Å². The zero-order valence-corrected chi connectivity index (χ0v) is 13.3. The second kappa shape index (κ2) is 7.90. The summed E-state index contributed by atoms with van der Waals surface area (Å²) in [5, 5.41) is 13.6. The molecule has 19 heavy (non-hydrogen) atoms. The van der Waals surface area contributed by atoms with Crippen molar-refractivity contribution >= 4 is 11.8 Å². The zero-order valence-electron chi connectivity index (χ0n) is 12.5. The average molecular weight is 285 g/mol. The summed E-state index contributed by atoms with van der Waals surface area (Å²) in [6.45, 7) is 2.61. The molecule has 2 saturated carbocycles. The summed E-state index contributed by atoms with van der Waals surface area (Å²) in [6.07, 6.45) is 11.8. The van der Waals surface area contributed by atoms with Crippen LogP contribution in [0.2, 0.25) is 0 Å². The molecule has 2 N–H and O–H groups in total. The SMILES string of the molecule is CCCCCSCCC1CCCC1(CO)NC1CC1. The standard InChI is InChI=1S/C16H31NOS/c1-2-3-4-11-19-12-9-14-6-5-10-16(14,13-18)17-15-7-8-15/h14-15,17-18H,2-13H2,1H3. The lowest BCUT2D eigenvalue weighted by molar-refractivity contribution is 0.120. The Morgan fingerprint density at radius 2 is 2.05 bits per heavy atom. The predicted molar refractivity (Wildman–Crippen MR) is 84.8 cm³/mol. The number of hydrogen-bond acceptors (Lipinski definition) is 3. The first-order valence-corrected chi connectivity index (χ1v) is 9.42. The third kappa shape index (κ3) is 4.64. The van der Waals surface area contributed by atoms with Gasteiger partial charge in [0.15, 0.2) is 0 Å². The van der Waals surface area contributed by atoms with Crippen LogP contribution in [-0.2, 0) is 0 Å². The molecule has 0 aliphatic heterocycles. The fourth-order valence-electron chi connectivity index (χ4n) is 3.42. The van der Waals surface area contributed by atoms with E-state index < -0.39 is 0 Å². The maximum Gasteiger partial charge on any atom is 0.0616 e. The Morgan fingerprint density at radius 3 is 2.74 bits per heavy atom. The van der Waals surface area contributed by atoms with Crippen molar-refractivity contribution in [3.8, 4) is 0 Å². The van der Waals surface area contributed by atoms with E-state index in [0.717, 1.165) is 0 Å². The first kappa shape index (κ1) is 15.7. The third-order valence-electron chi connectivity index (χ3n) is 4.81. The summed E-state index contributed by atoms with van der Waals surface area (Å²) < 4.78 is 0. The molecule has 2 atom stereocenters. The number of aliphatic hydroxyl groups excluding tert-OH is 1. The molecule has 2 nitrogen and oxygen atoms in total. The van der Waals surface area contributed by atoms with Crippen molar-refractivity contribution in [1.29, 1.82) is 0 Å². The quantitative estimate of drug-likeness (QED) is 0.602. The van der Waals surface area contributed by atoms with Gasteiger partial charge in [0.25, 0.3) is 0 Å². The summed E-state index contributed by atoms with van der Waals surface area (Å²) in [7, 11) is 0. The second-order valence-electron chi connectivity index (χ2n) is 6.43. The van der Waals surface area contributed by atoms with Gasteiger partial charge in [-0.1, -0.05) is 26.2 Å². The van der Waals surface area contributed by atoms with Gasteiger partial charge < -0.3 is 10.4 Å². The number of unbranched alkanes of at least 4 members (excludes halogenated alkanes) is 2. The Morgan fingerprint density at radius 1 is 1.21 bits per heavy atom. The van der Waals surface area contributed by atoms with Crippen molar-refractivity contribution in [2.24, 2.45) is 5.92 Å². The van der Waals surface area contributed by atoms with Crippen LogP contribution in [0.3, 0.4) is 0 Å². The summed E-state index contributed by atoms with van der Waals surface area (Å²) >= 11 is 2.12. The molecule has 2 rings (SSSR count). The third-order valence-corrected chi connectivity index (χ3v) is 5.91. The average Bonchev–Trinajstić information content (AvgIpc) is 3.14. The highest BCUT2D eigenvalue weighted by molar-refractivity contribution is 7.99. The van der Waals surface area contributed by atoms with E-state index in [9.17, 15) is 5.11 Å². The Balaban J connectivity index is 1.68. The van der Waals surface area contributed by atoms with Crippen LogP contribution in [0.25, 0.3) is 0 Å². The Kier molecular flexibility index (Phi) is 6.51. The van der Waals surface area contributed by atoms with E-state index in [1.165, 1.54) is 69.3 Å². The van der Waals surface area contributed by atoms with E-state index in [0.29, 0.717) is 18.6 Å². The van der Waals surface area contributed by atoms with Gasteiger partial charge >= 0.3 is 0 Å². The van der Waals surface area contributed by atoms with E-state index in [1.54, 1.807) is 0 Å². The molecular weight excluding hydrogens is 254 g/mol. The lowest BCUT2D eigenvalue weighted by Gasteiger charge is -2.35. The van der Waals surface area contributed by atoms with Crippen molar-refractivity contribution in [2.75, 3.05) is 18.1 Å². The molecule has 0 bridgehead atoms. The Hall–Kier alpha value is 0.270. The molecule has 2 unspecified atom stereocenters. The maximum absolute atomic E-state index is 9.87. The summed E-state index contributed by atoms with van der Waals surface area (Å²) in [4.78, 5) is 0. The van der Waals surface area contributed by atoms with Crippen molar-refractivity contribution in [1.82, 2.24) is 5.32 Å². The molecule has 0 aromatic heterocycles. The van der Waals surface area contributed by atoms with Crippen molar-refractivity contribution in [3.63, 3.8) is 0 Å². The zero-order chi connectivity index (χ0) is 13.6. The molecule has 0 heterocycles. The Labute approximate surface area is 123 Å². The smallest absolute Gasteiger partial charge is 0.0616 e. The monoisotopic (exact) mass is 285 g/mol. The maximum atomic E-state index is 9.87. The summed E-state index contributed by atoms with van der Waals surface area (Å²) in [5.74, 6) is 3.31. The first-order chi connectivity index (χ1) is 9.30. The largest absolute Gasteiger partial charge is 0.394 e. The lowest BCUT2D eigenvalue weighted by atomic mass is 9.85. The fraction of sp³-hybridized carbons (Fsp3) is 1.00. The van der Waals surface area contributed by atoms with Crippen LogP contribution in [-0.4, -0.2) is 34.8 Å². The molecule has 2 aliphatic rings. The fourth-order valence-corrected chi connectivity index (χ4v) is 4.49. The van der Waals surface area contributed by atoms with Gasteiger partial charge in [0, 0.05) is 11.6 Å². The number of rotatable bonds is 10. The van der Waals surface area contributed by atoms with Crippen LogP contribution in [0.15, 0.2) is 0 Å². The Bertz CT molecular complexity index is 257. The van der Waals surface area contributed by atoms with Crippen LogP contribution >= 0.6 is 11.8 Å². The molecular formula is C16H31NOS. The van der Waals surface area contributed by atoms with E-state index >= 15 is 0 Å². The molecule has 0 amide bonds. The highest BCUT2D eigenvalue weighted by Gasteiger charge is 2.44. The summed E-state index contributed by atoms with van der Waals surface area (Å²) in [5.41, 5.74) is 0.0745. The van der Waals surface area contributed by atoms with Crippen LogP contribution in [0.1, 0.15) is 64.7 Å². The van der Waals surface area contributed by atoms with Crippen LogP contribution < -0.4 is 5.32 Å². The van der Waals surface area contributed by atoms with Crippen LogP contribution in [0, 0.1) is 5.92 Å². The highest BCUT2D eigenvalue weighted by Crippen LogP contribution is 2.40. The van der Waals surface area contributed by atoms with Crippen molar-refractivity contribution < 1.29 is 5.11 Å². The van der Waals surface area contributed by atoms with E-state index in [4.69, 9.17) is 0 Å². The number of aliphatic hydroxyl groups is 1. The first-order valence-electron chi connectivity index (χ1n) is 8.27. The number of thioether (sulfide) groups is 1. The molecule has 2 aliphatic carbocycles. The van der Waals surface area contributed by atoms with Gasteiger partial charge in [-0.05, 0) is 55.9 Å². The normalized spacial score (nSPS) is 30.9. The topological polar surface area (TPSA) is 32.3 Å². The van der Waals surface area contributed by atoms with Crippen molar-refractivity contribution in [2.45, 2.75) is 76.3 Å². The minimum atomic E-state index is 0.0745. The molecule has 0 radical (unpaired) electrons. The lowest BCUT2D eigenvalue weighted by Crippen LogP contribution is -2.52. The molecule has 2 fully saturated rings. The molecule has 0 spiro atoms. The van der Waals surface area contributed by atoms with Gasteiger partial charge in [0.05, 0.1) is 6.61 Å². The van der Waals surface area contributed by atoms with E-state index in [2.05, 4.69) is 24.0 Å². The molecule has 0 saturated heterocycles. The van der Waals surface area contributed by atoms with E-state index in [1.807, 2.05) is 0 Å². The number of hydrogen-bond donors (Lipinski definition) is 2. The number of nitrogens with one attached hydrogen (secondary N) is 1. The van der Waals surface area contributed by atoms with Gasteiger partial charge in [-0.3, -0.25) is 0 Å². The minimum Gasteiger partial charge on any atom is -0.394 e. The van der Waals surface area contributed by atoms with Gasteiger partial charge in [-0.25, -0.2) is 0 Å². The molecule has 112 valence electrons. The molecule has 3 heteroatoms. The van der Waals surface area contributed by atoms with Gasteiger partial charge in [-0.2, -0.15) is 11.8 Å². The molecule has 0 aromatic carbocycles. The molecule has 0 aromatic rings. The van der Waals surface area contributed by atoms with Gasteiger partial charge in [-0.15, -0.1) is 0 Å². The summed E-state index contributed by atoms with van der Waals surface area (Å²) in [6, 6.07) is 0.713. The van der Waals surface area contributed by atoms with Crippen molar-refractivity contribution in [3.05, 3.63) is 0 Å². The predicted octanol–water partition coefficient (Wildman–Crippen LogP) is 3.58. The van der Waals surface area contributed by atoms with Crippen LogP contribution in [0.4, 0.5) is 0 Å². The highest BCUT2D eigenvalue weighted by atomic mass is 32.2. The minimum absolute atomic E-state index is 0.0745. The van der Waals surface area contributed by atoms with E-state index in [-0.39, 0.29) is 5.54 Å². The second-order valence-corrected chi connectivity index (χ2v) is 7.65.